The molecule has 0 unspecified atom stereocenters. The fourth-order valence-corrected chi connectivity index (χ4v) is 1.69. The lowest BCUT2D eigenvalue weighted by atomic mass is 10.1. The van der Waals surface area contributed by atoms with Crippen LogP contribution < -0.4 is 15.8 Å². The Balaban J connectivity index is 2.69. The SMILES string of the molecule is C#CCNC(=O)COc1cc(Br)ccc1[C@H](C)N. The summed E-state index contributed by atoms with van der Waals surface area (Å²) in [5.41, 5.74) is 6.68. The fourth-order valence-electron chi connectivity index (χ4n) is 1.35. The van der Waals surface area contributed by atoms with Crippen LogP contribution in [0, 0.1) is 12.3 Å². The van der Waals surface area contributed by atoms with Gasteiger partial charge in [0.2, 0.25) is 0 Å². The molecule has 0 heterocycles. The van der Waals surface area contributed by atoms with Gasteiger partial charge in [-0.25, -0.2) is 0 Å². The number of amides is 1. The van der Waals surface area contributed by atoms with Crippen molar-refractivity contribution in [2.75, 3.05) is 13.2 Å². The second-order valence-electron chi connectivity index (χ2n) is 3.74. The second kappa shape index (κ2) is 7.04. The van der Waals surface area contributed by atoms with Crippen molar-refractivity contribution in [1.29, 1.82) is 0 Å². The van der Waals surface area contributed by atoms with Crippen LogP contribution in [0.15, 0.2) is 22.7 Å². The predicted molar refractivity (Wildman–Crippen MR) is 74.1 cm³/mol. The van der Waals surface area contributed by atoms with E-state index in [1.165, 1.54) is 0 Å². The first-order valence-corrected chi connectivity index (χ1v) is 6.22. The highest BCUT2D eigenvalue weighted by Gasteiger charge is 2.10. The maximum Gasteiger partial charge on any atom is 0.258 e. The molecule has 0 aliphatic heterocycles. The summed E-state index contributed by atoms with van der Waals surface area (Å²) in [6, 6.07) is 5.36. The van der Waals surface area contributed by atoms with Gasteiger partial charge in [0.25, 0.3) is 5.91 Å². The zero-order chi connectivity index (χ0) is 13.5. The van der Waals surface area contributed by atoms with Gasteiger partial charge in [-0.1, -0.05) is 27.9 Å². The van der Waals surface area contributed by atoms with Crippen molar-refractivity contribution in [3.05, 3.63) is 28.2 Å². The van der Waals surface area contributed by atoms with Crippen molar-refractivity contribution >= 4 is 21.8 Å². The standard InChI is InChI=1S/C13H15BrN2O2/c1-3-6-16-13(17)8-18-12-7-10(14)4-5-11(12)9(2)15/h1,4-5,7,9H,6,8,15H2,2H3,(H,16,17)/t9-/m0/s1. The van der Waals surface area contributed by atoms with Crippen LogP contribution in [0.2, 0.25) is 0 Å². The Kier molecular flexibility index (Phi) is 5.69. The molecule has 0 fully saturated rings. The smallest absolute Gasteiger partial charge is 0.258 e. The van der Waals surface area contributed by atoms with E-state index in [0.717, 1.165) is 10.0 Å². The highest BCUT2D eigenvalue weighted by molar-refractivity contribution is 9.10. The van der Waals surface area contributed by atoms with Gasteiger partial charge in [0, 0.05) is 16.1 Å². The number of carbonyl (C=O) groups excluding carboxylic acids is 1. The van der Waals surface area contributed by atoms with Crippen LogP contribution in [0.3, 0.4) is 0 Å². The Bertz CT molecular complexity index is 467. The number of carbonyl (C=O) groups is 1. The van der Waals surface area contributed by atoms with Crippen molar-refractivity contribution in [3.63, 3.8) is 0 Å². The van der Waals surface area contributed by atoms with Crippen LogP contribution in [0.4, 0.5) is 0 Å². The van der Waals surface area contributed by atoms with Crippen LogP contribution in [0.25, 0.3) is 0 Å². The van der Waals surface area contributed by atoms with Crippen LogP contribution in [0.5, 0.6) is 5.75 Å². The first-order chi connectivity index (χ1) is 8.54. The second-order valence-corrected chi connectivity index (χ2v) is 4.66. The molecule has 0 aliphatic rings. The van der Waals surface area contributed by atoms with E-state index in [-0.39, 0.29) is 25.1 Å². The largest absolute Gasteiger partial charge is 0.483 e. The number of terminal acetylenes is 1. The molecule has 0 aliphatic carbocycles. The molecular weight excluding hydrogens is 296 g/mol. The van der Waals surface area contributed by atoms with E-state index in [1.807, 2.05) is 19.1 Å². The van der Waals surface area contributed by atoms with Crippen molar-refractivity contribution in [2.45, 2.75) is 13.0 Å². The number of benzene rings is 1. The number of nitrogens with one attached hydrogen (secondary N) is 1. The lowest BCUT2D eigenvalue weighted by Crippen LogP contribution is -2.29. The molecule has 5 heteroatoms. The molecule has 3 N–H and O–H groups in total. The number of halogens is 1. The first kappa shape index (κ1) is 14.6. The van der Waals surface area contributed by atoms with Crippen LogP contribution in [-0.4, -0.2) is 19.1 Å². The van der Waals surface area contributed by atoms with E-state index in [2.05, 4.69) is 27.2 Å². The average molecular weight is 311 g/mol. The molecule has 0 radical (unpaired) electrons. The van der Waals surface area contributed by atoms with Gasteiger partial charge >= 0.3 is 0 Å². The fraction of sp³-hybridized carbons (Fsp3) is 0.308. The molecule has 1 aromatic carbocycles. The Morgan fingerprint density at radius 3 is 3.00 bits per heavy atom. The van der Waals surface area contributed by atoms with Gasteiger partial charge in [-0.2, -0.15) is 0 Å². The Hall–Kier alpha value is -1.51. The molecule has 1 rings (SSSR count). The number of hydrogen-bond acceptors (Lipinski definition) is 3. The summed E-state index contributed by atoms with van der Waals surface area (Å²) in [7, 11) is 0. The minimum absolute atomic E-state index is 0.0855. The van der Waals surface area contributed by atoms with Crippen molar-refractivity contribution in [2.24, 2.45) is 5.73 Å². The molecule has 1 aromatic rings. The molecule has 96 valence electrons. The highest BCUT2D eigenvalue weighted by Crippen LogP contribution is 2.27. The van der Waals surface area contributed by atoms with Gasteiger partial charge in [0.15, 0.2) is 6.61 Å². The summed E-state index contributed by atoms with van der Waals surface area (Å²) in [4.78, 5) is 11.4. The topological polar surface area (TPSA) is 64.3 Å². The lowest BCUT2D eigenvalue weighted by molar-refractivity contribution is -0.122. The van der Waals surface area contributed by atoms with Crippen LogP contribution >= 0.6 is 15.9 Å². The monoisotopic (exact) mass is 310 g/mol. The van der Waals surface area contributed by atoms with Gasteiger partial charge in [-0.05, 0) is 19.1 Å². The molecular formula is C13H15BrN2O2. The molecule has 0 bridgehead atoms. The molecule has 4 nitrogen and oxygen atoms in total. The van der Waals surface area contributed by atoms with E-state index in [1.54, 1.807) is 6.07 Å². The van der Waals surface area contributed by atoms with E-state index in [4.69, 9.17) is 16.9 Å². The third kappa shape index (κ3) is 4.40. The zero-order valence-corrected chi connectivity index (χ0v) is 11.7. The molecule has 0 saturated heterocycles. The molecule has 1 atom stereocenters. The van der Waals surface area contributed by atoms with Crippen LogP contribution in [-0.2, 0) is 4.79 Å². The number of hydrogen-bond donors (Lipinski definition) is 2. The van der Waals surface area contributed by atoms with E-state index >= 15 is 0 Å². The summed E-state index contributed by atoms with van der Waals surface area (Å²) in [6.45, 7) is 1.97. The summed E-state index contributed by atoms with van der Waals surface area (Å²) < 4.78 is 6.31. The lowest BCUT2D eigenvalue weighted by Gasteiger charge is -2.14. The third-order valence-corrected chi connectivity index (χ3v) is 2.71. The van der Waals surface area contributed by atoms with Gasteiger partial charge in [-0.3, -0.25) is 4.79 Å². The first-order valence-electron chi connectivity index (χ1n) is 5.42. The summed E-state index contributed by atoms with van der Waals surface area (Å²) in [5, 5.41) is 2.52. The Labute approximate surface area is 115 Å². The van der Waals surface area contributed by atoms with Crippen molar-refractivity contribution in [1.82, 2.24) is 5.32 Å². The normalized spacial score (nSPS) is 11.4. The maximum absolute atomic E-state index is 11.4. The maximum atomic E-state index is 11.4. The molecule has 1 amide bonds. The number of nitrogens with two attached hydrogens (primary N) is 1. The number of rotatable bonds is 5. The molecule has 0 spiro atoms. The molecule has 0 aromatic heterocycles. The van der Waals surface area contributed by atoms with E-state index < -0.39 is 0 Å². The predicted octanol–water partition coefficient (Wildman–Crippen LogP) is 1.60. The van der Waals surface area contributed by atoms with Gasteiger partial charge in [-0.15, -0.1) is 6.42 Å². The highest BCUT2D eigenvalue weighted by atomic mass is 79.9. The molecule has 0 saturated carbocycles. The minimum atomic E-state index is -0.261. The average Bonchev–Trinajstić information content (AvgIpc) is 2.33. The third-order valence-electron chi connectivity index (χ3n) is 2.21. The Morgan fingerprint density at radius 1 is 1.67 bits per heavy atom. The number of ether oxygens (including phenoxy) is 1. The van der Waals surface area contributed by atoms with Gasteiger partial charge < -0.3 is 15.8 Å². The zero-order valence-electron chi connectivity index (χ0n) is 10.1. The van der Waals surface area contributed by atoms with Gasteiger partial charge in [0.05, 0.1) is 6.54 Å². The quantitative estimate of drug-likeness (QED) is 0.812. The minimum Gasteiger partial charge on any atom is -0.483 e. The molecule has 18 heavy (non-hydrogen) atoms. The summed E-state index contributed by atoms with van der Waals surface area (Å²) in [5.74, 6) is 2.65. The Morgan fingerprint density at radius 2 is 2.39 bits per heavy atom. The van der Waals surface area contributed by atoms with Crippen molar-refractivity contribution < 1.29 is 9.53 Å². The van der Waals surface area contributed by atoms with E-state index in [9.17, 15) is 4.79 Å². The summed E-state index contributed by atoms with van der Waals surface area (Å²) >= 11 is 3.35. The van der Waals surface area contributed by atoms with Crippen molar-refractivity contribution in [3.8, 4) is 18.1 Å². The van der Waals surface area contributed by atoms with Crippen LogP contribution in [0.1, 0.15) is 18.5 Å². The van der Waals surface area contributed by atoms with Gasteiger partial charge in [0.1, 0.15) is 5.75 Å². The van der Waals surface area contributed by atoms with E-state index in [0.29, 0.717) is 5.75 Å². The summed E-state index contributed by atoms with van der Waals surface area (Å²) in [6.07, 6.45) is 5.04.